The van der Waals surface area contributed by atoms with Gasteiger partial charge in [-0.15, -0.1) is 10.2 Å². The second-order valence-electron chi connectivity index (χ2n) is 4.93. The zero-order chi connectivity index (χ0) is 16.2. The molecule has 7 nitrogen and oxygen atoms in total. The molecule has 8 heteroatoms. The molecule has 1 amide bonds. The van der Waals surface area contributed by atoms with Crippen LogP contribution in [0.3, 0.4) is 0 Å². The van der Waals surface area contributed by atoms with Crippen molar-refractivity contribution in [3.05, 3.63) is 30.2 Å². The molecule has 2 heterocycles. The lowest BCUT2D eigenvalue weighted by Gasteiger charge is -2.23. The zero-order valence-electron chi connectivity index (χ0n) is 12.8. The van der Waals surface area contributed by atoms with Crippen molar-refractivity contribution in [3.63, 3.8) is 0 Å². The number of para-hydroxylation sites is 2. The maximum Gasteiger partial charge on any atom is 0.277 e. The van der Waals surface area contributed by atoms with Crippen molar-refractivity contribution < 1.29 is 18.7 Å². The second-order valence-corrected chi connectivity index (χ2v) is 6.22. The van der Waals surface area contributed by atoms with Gasteiger partial charge >= 0.3 is 0 Å². The van der Waals surface area contributed by atoms with Crippen LogP contribution in [0.1, 0.15) is 25.8 Å². The summed E-state index contributed by atoms with van der Waals surface area (Å²) in [6.07, 6.45) is -0.452. The molecule has 0 saturated heterocycles. The minimum Gasteiger partial charge on any atom is -0.485 e. The molecule has 3 rings (SSSR count). The number of carbonyl (C=O) groups excluding carboxylic acids is 1. The number of amides is 1. The van der Waals surface area contributed by atoms with Crippen molar-refractivity contribution >= 4 is 17.7 Å². The van der Waals surface area contributed by atoms with Crippen LogP contribution >= 0.6 is 11.8 Å². The van der Waals surface area contributed by atoms with E-state index in [0.717, 1.165) is 0 Å². The molecule has 0 spiro atoms. The van der Waals surface area contributed by atoms with Crippen molar-refractivity contribution in [1.82, 2.24) is 15.5 Å². The number of benzene rings is 1. The van der Waals surface area contributed by atoms with Crippen LogP contribution in [0.4, 0.5) is 0 Å². The van der Waals surface area contributed by atoms with Gasteiger partial charge in [0.2, 0.25) is 12.0 Å². The highest BCUT2D eigenvalue weighted by Crippen LogP contribution is 2.36. The number of ether oxygens (including phenoxy) is 2. The van der Waals surface area contributed by atoms with Gasteiger partial charge in [-0.3, -0.25) is 4.79 Å². The van der Waals surface area contributed by atoms with Crippen LogP contribution < -0.4 is 14.8 Å². The van der Waals surface area contributed by atoms with Gasteiger partial charge in [0.25, 0.3) is 11.1 Å². The van der Waals surface area contributed by atoms with E-state index < -0.39 is 6.10 Å². The maximum absolute atomic E-state index is 11.7. The Morgan fingerprint density at radius 1 is 1.39 bits per heavy atom. The van der Waals surface area contributed by atoms with Gasteiger partial charge in [0.1, 0.15) is 6.61 Å². The Labute approximate surface area is 137 Å². The first-order valence-corrected chi connectivity index (χ1v) is 8.21. The summed E-state index contributed by atoms with van der Waals surface area (Å²) in [5.74, 6) is 1.61. The summed E-state index contributed by atoms with van der Waals surface area (Å²) in [5.41, 5.74) is 0. The first kappa shape index (κ1) is 15.7. The summed E-state index contributed by atoms with van der Waals surface area (Å²) in [7, 11) is 0. The molecule has 1 aliphatic heterocycles. The van der Waals surface area contributed by atoms with E-state index >= 15 is 0 Å². The average molecular weight is 335 g/mol. The Bertz CT molecular complexity index is 691. The number of aromatic nitrogens is 2. The molecule has 2 atom stereocenters. The lowest BCUT2D eigenvalue weighted by Crippen LogP contribution is -2.30. The van der Waals surface area contributed by atoms with Gasteiger partial charge in [0.15, 0.2) is 11.5 Å². The molecule has 0 saturated carbocycles. The highest BCUT2D eigenvalue weighted by molar-refractivity contribution is 8.00. The van der Waals surface area contributed by atoms with Crippen molar-refractivity contribution in [3.8, 4) is 11.5 Å². The first-order chi connectivity index (χ1) is 11.2. The standard InChI is InChI=1S/C15H17N3O4S/c1-3-16-13(19)9(2)23-15-18-17-14(22-15)12-8-20-10-6-4-5-7-11(10)21-12/h4-7,9,12H,3,8H2,1-2H3,(H,16,19)/t9-,12+/m0/s1. The van der Waals surface area contributed by atoms with Crippen LogP contribution in [0.25, 0.3) is 0 Å². The summed E-state index contributed by atoms with van der Waals surface area (Å²) in [5, 5.41) is 10.7. The Kier molecular flexibility index (Phi) is 4.71. The smallest absolute Gasteiger partial charge is 0.277 e. The van der Waals surface area contributed by atoms with E-state index in [1.54, 1.807) is 6.92 Å². The highest BCUT2D eigenvalue weighted by Gasteiger charge is 2.28. The van der Waals surface area contributed by atoms with Gasteiger partial charge in [-0.1, -0.05) is 23.9 Å². The third-order valence-corrected chi connectivity index (χ3v) is 4.14. The topological polar surface area (TPSA) is 86.5 Å². The largest absolute Gasteiger partial charge is 0.485 e. The summed E-state index contributed by atoms with van der Waals surface area (Å²) < 4.78 is 17.0. The van der Waals surface area contributed by atoms with Gasteiger partial charge < -0.3 is 19.2 Å². The van der Waals surface area contributed by atoms with Crippen LogP contribution in [-0.2, 0) is 4.79 Å². The Morgan fingerprint density at radius 3 is 2.96 bits per heavy atom. The summed E-state index contributed by atoms with van der Waals surface area (Å²) >= 11 is 1.21. The van der Waals surface area contributed by atoms with Crippen molar-refractivity contribution in [1.29, 1.82) is 0 Å². The highest BCUT2D eigenvalue weighted by atomic mass is 32.2. The molecule has 1 aromatic carbocycles. The van der Waals surface area contributed by atoms with E-state index in [1.807, 2.05) is 31.2 Å². The second kappa shape index (κ2) is 6.91. The quantitative estimate of drug-likeness (QED) is 0.838. The third kappa shape index (κ3) is 3.58. The minimum atomic E-state index is -0.452. The summed E-state index contributed by atoms with van der Waals surface area (Å²) in [4.78, 5) is 11.7. The SMILES string of the molecule is CCNC(=O)[C@H](C)Sc1nnc([C@H]2COc3ccccc3O2)o1. The van der Waals surface area contributed by atoms with Crippen LogP contribution in [0.5, 0.6) is 11.5 Å². The van der Waals surface area contributed by atoms with Gasteiger partial charge in [-0.25, -0.2) is 0 Å². The molecule has 0 radical (unpaired) electrons. The molecule has 1 N–H and O–H groups in total. The molecular weight excluding hydrogens is 318 g/mol. The fourth-order valence-electron chi connectivity index (χ4n) is 2.06. The van der Waals surface area contributed by atoms with E-state index in [-0.39, 0.29) is 11.2 Å². The molecule has 0 bridgehead atoms. The fourth-order valence-corrected chi connectivity index (χ4v) is 2.78. The molecule has 0 aliphatic carbocycles. The number of hydrogen-bond acceptors (Lipinski definition) is 7. The molecule has 0 unspecified atom stereocenters. The molecular formula is C15H17N3O4S. The molecule has 23 heavy (non-hydrogen) atoms. The van der Waals surface area contributed by atoms with E-state index in [1.165, 1.54) is 11.8 Å². The van der Waals surface area contributed by atoms with Crippen LogP contribution in [0, 0.1) is 0 Å². The van der Waals surface area contributed by atoms with E-state index in [2.05, 4.69) is 15.5 Å². The zero-order valence-corrected chi connectivity index (χ0v) is 13.6. The number of fused-ring (bicyclic) bond motifs is 1. The minimum absolute atomic E-state index is 0.0663. The molecule has 1 aromatic heterocycles. The van der Waals surface area contributed by atoms with E-state index in [4.69, 9.17) is 13.9 Å². The van der Waals surface area contributed by atoms with Crippen molar-refractivity contribution in [2.75, 3.05) is 13.2 Å². The number of thioether (sulfide) groups is 1. The van der Waals surface area contributed by atoms with E-state index in [9.17, 15) is 4.79 Å². The predicted octanol–water partition coefficient (Wildman–Crippen LogP) is 2.20. The third-order valence-electron chi connectivity index (χ3n) is 3.20. The summed E-state index contributed by atoms with van der Waals surface area (Å²) in [6.45, 7) is 4.55. The molecule has 1 aliphatic rings. The normalized spacial score (nSPS) is 17.6. The Morgan fingerprint density at radius 2 is 2.17 bits per heavy atom. The monoisotopic (exact) mass is 335 g/mol. The number of nitrogens with zero attached hydrogens (tertiary/aromatic N) is 2. The van der Waals surface area contributed by atoms with Crippen molar-refractivity contribution in [2.45, 2.75) is 30.4 Å². The van der Waals surface area contributed by atoms with Gasteiger partial charge in [0, 0.05) is 6.54 Å². The van der Waals surface area contributed by atoms with Gasteiger partial charge in [-0.05, 0) is 26.0 Å². The van der Waals surface area contributed by atoms with Crippen LogP contribution in [0.15, 0.2) is 33.9 Å². The lowest BCUT2D eigenvalue weighted by atomic mass is 10.2. The first-order valence-electron chi connectivity index (χ1n) is 7.33. The average Bonchev–Trinajstić information content (AvgIpc) is 3.03. The maximum atomic E-state index is 11.7. The van der Waals surface area contributed by atoms with Crippen molar-refractivity contribution in [2.24, 2.45) is 0 Å². The lowest BCUT2D eigenvalue weighted by molar-refractivity contribution is -0.120. The summed E-state index contributed by atoms with van der Waals surface area (Å²) in [6, 6.07) is 7.42. The number of hydrogen-bond donors (Lipinski definition) is 1. The van der Waals surface area contributed by atoms with Gasteiger partial charge in [-0.2, -0.15) is 0 Å². The number of nitrogens with one attached hydrogen (secondary N) is 1. The predicted molar refractivity (Wildman–Crippen MR) is 83.6 cm³/mol. The fraction of sp³-hybridized carbons (Fsp3) is 0.400. The molecule has 122 valence electrons. The number of rotatable bonds is 5. The van der Waals surface area contributed by atoms with Crippen LogP contribution in [-0.4, -0.2) is 34.5 Å². The Balaban J connectivity index is 1.65. The van der Waals surface area contributed by atoms with Gasteiger partial charge in [0.05, 0.1) is 5.25 Å². The molecule has 2 aromatic rings. The Hall–Kier alpha value is -2.22. The number of carbonyl (C=O) groups is 1. The molecule has 0 fully saturated rings. The van der Waals surface area contributed by atoms with Crippen LogP contribution in [0.2, 0.25) is 0 Å². The van der Waals surface area contributed by atoms with E-state index in [0.29, 0.717) is 35.8 Å².